The first-order valence-electron chi connectivity index (χ1n) is 4.83. The van der Waals surface area contributed by atoms with Crippen LogP contribution in [0.15, 0.2) is 0 Å². The standard InChI is InChI=1S/C10H20O2/c1-7(2)8-4-5-10(3,12)6-9(8)11/h7-9,11-12H,4-6H2,1-3H3/t8-,9+,10+/m1/s1. The van der Waals surface area contributed by atoms with Crippen LogP contribution in [0.3, 0.4) is 0 Å². The zero-order valence-electron chi connectivity index (χ0n) is 8.25. The first kappa shape index (κ1) is 10.0. The van der Waals surface area contributed by atoms with Gasteiger partial charge in [-0.05, 0) is 31.6 Å². The smallest absolute Gasteiger partial charge is 0.0644 e. The minimum Gasteiger partial charge on any atom is -0.393 e. The van der Waals surface area contributed by atoms with Crippen molar-refractivity contribution in [3.05, 3.63) is 0 Å². The Balaban J connectivity index is 2.54. The van der Waals surface area contributed by atoms with Crippen molar-refractivity contribution >= 4 is 0 Å². The summed E-state index contributed by atoms with van der Waals surface area (Å²) in [6.07, 6.45) is 2.00. The zero-order valence-corrected chi connectivity index (χ0v) is 8.25. The number of hydrogen-bond acceptors (Lipinski definition) is 2. The van der Waals surface area contributed by atoms with Gasteiger partial charge in [-0.25, -0.2) is 0 Å². The third-order valence-corrected chi connectivity index (χ3v) is 3.02. The summed E-state index contributed by atoms with van der Waals surface area (Å²) in [5.74, 6) is 0.904. The van der Waals surface area contributed by atoms with Crippen molar-refractivity contribution in [2.75, 3.05) is 0 Å². The lowest BCUT2D eigenvalue weighted by atomic mass is 9.73. The highest BCUT2D eigenvalue weighted by Crippen LogP contribution is 2.35. The second-order valence-electron chi connectivity index (χ2n) is 4.71. The van der Waals surface area contributed by atoms with E-state index in [1.807, 2.05) is 6.92 Å². The van der Waals surface area contributed by atoms with Crippen molar-refractivity contribution in [3.8, 4) is 0 Å². The van der Waals surface area contributed by atoms with Gasteiger partial charge in [0, 0.05) is 6.42 Å². The topological polar surface area (TPSA) is 40.5 Å². The molecule has 0 amide bonds. The summed E-state index contributed by atoms with van der Waals surface area (Å²) in [5.41, 5.74) is -0.634. The summed E-state index contributed by atoms with van der Waals surface area (Å²) in [6.45, 7) is 6.08. The number of rotatable bonds is 1. The second kappa shape index (κ2) is 3.35. The largest absolute Gasteiger partial charge is 0.393 e. The molecule has 0 heterocycles. The second-order valence-corrected chi connectivity index (χ2v) is 4.71. The Hall–Kier alpha value is -0.0800. The molecule has 0 aromatic rings. The lowest BCUT2D eigenvalue weighted by Gasteiger charge is -2.38. The quantitative estimate of drug-likeness (QED) is 0.630. The molecule has 1 aliphatic carbocycles. The van der Waals surface area contributed by atoms with Crippen LogP contribution < -0.4 is 0 Å². The predicted molar refractivity (Wildman–Crippen MR) is 48.8 cm³/mol. The molecule has 0 aromatic heterocycles. The average molecular weight is 172 g/mol. The molecular formula is C10H20O2. The van der Waals surface area contributed by atoms with Gasteiger partial charge < -0.3 is 10.2 Å². The SMILES string of the molecule is CC(C)[C@H]1CC[C@](C)(O)C[C@@H]1O. The Labute approximate surface area is 74.6 Å². The van der Waals surface area contributed by atoms with Crippen LogP contribution in [0, 0.1) is 11.8 Å². The Morgan fingerprint density at radius 2 is 2.00 bits per heavy atom. The lowest BCUT2D eigenvalue weighted by Crippen LogP contribution is -2.41. The molecule has 0 aromatic carbocycles. The van der Waals surface area contributed by atoms with Crippen molar-refractivity contribution in [2.24, 2.45) is 11.8 Å². The fourth-order valence-corrected chi connectivity index (χ4v) is 2.15. The van der Waals surface area contributed by atoms with Crippen LogP contribution in [0.25, 0.3) is 0 Å². The molecule has 0 spiro atoms. The number of aliphatic hydroxyl groups is 2. The highest BCUT2D eigenvalue weighted by Gasteiger charge is 2.36. The van der Waals surface area contributed by atoms with E-state index in [2.05, 4.69) is 13.8 Å². The number of aliphatic hydroxyl groups excluding tert-OH is 1. The lowest BCUT2D eigenvalue weighted by molar-refractivity contribution is -0.0683. The fourth-order valence-electron chi connectivity index (χ4n) is 2.15. The maximum Gasteiger partial charge on any atom is 0.0644 e. The molecule has 1 rings (SSSR count). The Bertz CT molecular complexity index is 152. The van der Waals surface area contributed by atoms with Gasteiger partial charge in [0.2, 0.25) is 0 Å². The van der Waals surface area contributed by atoms with Gasteiger partial charge in [0.1, 0.15) is 0 Å². The first-order valence-corrected chi connectivity index (χ1v) is 4.83. The molecule has 0 saturated heterocycles. The summed E-state index contributed by atoms with van der Waals surface area (Å²) < 4.78 is 0. The summed E-state index contributed by atoms with van der Waals surface area (Å²) in [5, 5.41) is 19.4. The third kappa shape index (κ3) is 2.20. The van der Waals surface area contributed by atoms with Crippen molar-refractivity contribution < 1.29 is 10.2 Å². The minimum absolute atomic E-state index is 0.311. The highest BCUT2D eigenvalue weighted by atomic mass is 16.3. The Morgan fingerprint density at radius 3 is 2.42 bits per heavy atom. The monoisotopic (exact) mass is 172 g/mol. The highest BCUT2D eigenvalue weighted by molar-refractivity contribution is 4.88. The van der Waals surface area contributed by atoms with E-state index in [0.717, 1.165) is 12.8 Å². The normalized spacial score (nSPS) is 43.5. The van der Waals surface area contributed by atoms with Crippen LogP contribution in [0.1, 0.15) is 40.0 Å². The molecule has 1 saturated carbocycles. The van der Waals surface area contributed by atoms with E-state index in [4.69, 9.17) is 0 Å². The van der Waals surface area contributed by atoms with Gasteiger partial charge in [-0.15, -0.1) is 0 Å². The molecule has 2 N–H and O–H groups in total. The van der Waals surface area contributed by atoms with Crippen LogP contribution in [0.4, 0.5) is 0 Å². The molecule has 0 aliphatic heterocycles. The maximum absolute atomic E-state index is 9.71. The van der Waals surface area contributed by atoms with Crippen molar-refractivity contribution in [2.45, 2.75) is 51.7 Å². The van der Waals surface area contributed by atoms with E-state index in [0.29, 0.717) is 18.3 Å². The van der Waals surface area contributed by atoms with E-state index in [1.54, 1.807) is 0 Å². The van der Waals surface area contributed by atoms with Gasteiger partial charge in [-0.1, -0.05) is 13.8 Å². The summed E-state index contributed by atoms with van der Waals surface area (Å²) in [6, 6.07) is 0. The van der Waals surface area contributed by atoms with Gasteiger partial charge >= 0.3 is 0 Å². The fraction of sp³-hybridized carbons (Fsp3) is 1.00. The van der Waals surface area contributed by atoms with Crippen molar-refractivity contribution in [1.82, 2.24) is 0 Å². The first-order chi connectivity index (χ1) is 5.42. The third-order valence-electron chi connectivity index (χ3n) is 3.02. The van der Waals surface area contributed by atoms with E-state index in [-0.39, 0.29) is 6.10 Å². The molecule has 12 heavy (non-hydrogen) atoms. The minimum atomic E-state index is -0.634. The van der Waals surface area contributed by atoms with E-state index < -0.39 is 5.60 Å². The predicted octanol–water partition coefficient (Wildman–Crippen LogP) is 1.55. The summed E-state index contributed by atoms with van der Waals surface area (Å²) in [7, 11) is 0. The van der Waals surface area contributed by atoms with Crippen LogP contribution in [0.2, 0.25) is 0 Å². The number of hydrogen-bond donors (Lipinski definition) is 2. The van der Waals surface area contributed by atoms with Crippen LogP contribution in [-0.4, -0.2) is 21.9 Å². The molecule has 0 unspecified atom stereocenters. The average Bonchev–Trinajstić information content (AvgIpc) is 1.83. The maximum atomic E-state index is 9.71. The summed E-state index contributed by atoms with van der Waals surface area (Å²) in [4.78, 5) is 0. The molecule has 2 nitrogen and oxygen atoms in total. The van der Waals surface area contributed by atoms with Gasteiger partial charge in [-0.3, -0.25) is 0 Å². The van der Waals surface area contributed by atoms with E-state index >= 15 is 0 Å². The molecule has 2 heteroatoms. The zero-order chi connectivity index (χ0) is 9.35. The van der Waals surface area contributed by atoms with Crippen molar-refractivity contribution in [1.29, 1.82) is 0 Å². The van der Waals surface area contributed by atoms with Gasteiger partial charge in [-0.2, -0.15) is 0 Å². The Kier molecular flexibility index (Phi) is 2.79. The molecule has 3 atom stereocenters. The Morgan fingerprint density at radius 1 is 1.42 bits per heavy atom. The van der Waals surface area contributed by atoms with Crippen molar-refractivity contribution in [3.63, 3.8) is 0 Å². The van der Waals surface area contributed by atoms with E-state index in [1.165, 1.54) is 0 Å². The molecular weight excluding hydrogens is 152 g/mol. The van der Waals surface area contributed by atoms with Gasteiger partial charge in [0.25, 0.3) is 0 Å². The van der Waals surface area contributed by atoms with Crippen LogP contribution in [-0.2, 0) is 0 Å². The molecule has 1 aliphatic rings. The van der Waals surface area contributed by atoms with Gasteiger partial charge in [0.15, 0.2) is 0 Å². The van der Waals surface area contributed by atoms with Crippen LogP contribution in [0.5, 0.6) is 0 Å². The summed E-state index contributed by atoms with van der Waals surface area (Å²) >= 11 is 0. The van der Waals surface area contributed by atoms with E-state index in [9.17, 15) is 10.2 Å². The molecule has 72 valence electrons. The molecule has 0 radical (unpaired) electrons. The van der Waals surface area contributed by atoms with Gasteiger partial charge in [0.05, 0.1) is 11.7 Å². The van der Waals surface area contributed by atoms with Crippen LogP contribution >= 0.6 is 0 Å². The molecule has 1 fully saturated rings. The molecule has 0 bridgehead atoms.